The van der Waals surface area contributed by atoms with Crippen molar-refractivity contribution in [1.29, 1.82) is 0 Å². The van der Waals surface area contributed by atoms with E-state index < -0.39 is 16.0 Å². The van der Waals surface area contributed by atoms with Gasteiger partial charge in [-0.2, -0.15) is 4.31 Å². The molecule has 1 aliphatic heterocycles. The lowest BCUT2D eigenvalue weighted by molar-refractivity contribution is 0.0471. The van der Waals surface area contributed by atoms with Gasteiger partial charge in [0.2, 0.25) is 10.0 Å². The molecule has 0 amide bonds. The first-order chi connectivity index (χ1) is 14.9. The van der Waals surface area contributed by atoms with Crippen LogP contribution in [0.2, 0.25) is 0 Å². The van der Waals surface area contributed by atoms with Gasteiger partial charge in [0.15, 0.2) is 0 Å². The second-order valence-corrected chi connectivity index (χ2v) is 11.3. The van der Waals surface area contributed by atoms with E-state index in [-0.39, 0.29) is 28.2 Å². The summed E-state index contributed by atoms with van der Waals surface area (Å²) < 4.78 is 38.4. The number of hydrogen-bond donors (Lipinski definition) is 0. The molecule has 3 rings (SSSR count). The topological polar surface area (TPSA) is 72.9 Å². The lowest BCUT2D eigenvalue weighted by Crippen LogP contribution is -2.28. The third-order valence-electron chi connectivity index (χ3n) is 5.99. The summed E-state index contributed by atoms with van der Waals surface area (Å²) in [4.78, 5) is 12.8. The van der Waals surface area contributed by atoms with Crippen LogP contribution in [0.3, 0.4) is 0 Å². The molecule has 174 valence electrons. The summed E-state index contributed by atoms with van der Waals surface area (Å²) in [7, 11) is -2.32. The molecule has 1 fully saturated rings. The zero-order chi connectivity index (χ0) is 23.7. The molecule has 6 nitrogen and oxygen atoms in total. The zero-order valence-corrected chi connectivity index (χ0v) is 20.6. The van der Waals surface area contributed by atoms with E-state index >= 15 is 0 Å². The Morgan fingerprint density at radius 1 is 1.03 bits per heavy atom. The van der Waals surface area contributed by atoms with Gasteiger partial charge in [-0.25, -0.2) is 13.2 Å². The van der Waals surface area contributed by atoms with Crippen LogP contribution in [0.1, 0.15) is 66.2 Å². The molecule has 0 radical (unpaired) electrons. The maximum Gasteiger partial charge on any atom is 0.338 e. The number of carbonyl (C=O) groups is 1. The molecule has 0 saturated carbocycles. The van der Waals surface area contributed by atoms with E-state index in [9.17, 15) is 13.2 Å². The first-order valence-corrected chi connectivity index (χ1v) is 12.3. The Morgan fingerprint density at radius 2 is 1.62 bits per heavy atom. The molecule has 0 bridgehead atoms. The Kier molecular flexibility index (Phi) is 7.00. The van der Waals surface area contributed by atoms with E-state index in [1.807, 2.05) is 13.8 Å². The van der Waals surface area contributed by atoms with Crippen molar-refractivity contribution in [2.24, 2.45) is 0 Å². The van der Waals surface area contributed by atoms with Crippen molar-refractivity contribution in [2.45, 2.75) is 64.4 Å². The number of sulfonamides is 1. The highest BCUT2D eigenvalue weighted by molar-refractivity contribution is 7.89. The maximum absolute atomic E-state index is 13.1. The molecule has 0 unspecified atom stereocenters. The number of hydrogen-bond acceptors (Lipinski definition) is 5. The van der Waals surface area contributed by atoms with Gasteiger partial charge in [-0.05, 0) is 72.6 Å². The summed E-state index contributed by atoms with van der Waals surface area (Å²) in [6.07, 6.45) is 1.66. The molecule has 1 saturated heterocycles. The largest absolute Gasteiger partial charge is 0.495 e. The van der Waals surface area contributed by atoms with Crippen molar-refractivity contribution in [3.63, 3.8) is 0 Å². The van der Waals surface area contributed by atoms with Gasteiger partial charge in [0, 0.05) is 13.1 Å². The van der Waals surface area contributed by atoms with E-state index in [0.717, 1.165) is 29.5 Å². The molecular weight excluding hydrogens is 426 g/mol. The molecule has 0 aliphatic carbocycles. The maximum atomic E-state index is 13.1. The van der Waals surface area contributed by atoms with Gasteiger partial charge < -0.3 is 9.47 Å². The van der Waals surface area contributed by atoms with Gasteiger partial charge in [0.1, 0.15) is 17.3 Å². The van der Waals surface area contributed by atoms with Crippen LogP contribution in [0.15, 0.2) is 35.2 Å². The fourth-order valence-corrected chi connectivity index (χ4v) is 5.65. The minimum Gasteiger partial charge on any atom is -0.495 e. The molecule has 2 aromatic rings. The number of methoxy groups -OCH3 is 1. The number of rotatable bonds is 6. The first kappa shape index (κ1) is 24.3. The fourth-order valence-electron chi connectivity index (χ4n) is 3.95. The summed E-state index contributed by atoms with van der Waals surface area (Å²) in [5.74, 6) is -0.345. The number of esters is 1. The van der Waals surface area contributed by atoms with Crippen molar-refractivity contribution >= 4 is 16.0 Å². The van der Waals surface area contributed by atoms with Gasteiger partial charge in [0.05, 0.1) is 12.7 Å². The molecular formula is C25H33NO5S. The first-order valence-electron chi connectivity index (χ1n) is 10.9. The molecule has 0 atom stereocenters. The molecule has 0 aromatic heterocycles. The predicted octanol–water partition coefficient (Wildman–Crippen LogP) is 4.75. The van der Waals surface area contributed by atoms with Crippen molar-refractivity contribution in [2.75, 3.05) is 20.2 Å². The predicted molar refractivity (Wildman–Crippen MR) is 125 cm³/mol. The molecule has 32 heavy (non-hydrogen) atoms. The van der Waals surface area contributed by atoms with Crippen LogP contribution in [0.5, 0.6) is 5.75 Å². The van der Waals surface area contributed by atoms with E-state index in [1.165, 1.54) is 35.2 Å². The Hall–Kier alpha value is -2.38. The average Bonchev–Trinajstić information content (AvgIpc) is 3.27. The minimum absolute atomic E-state index is 0.00163. The van der Waals surface area contributed by atoms with Crippen LogP contribution in [-0.4, -0.2) is 38.9 Å². The van der Waals surface area contributed by atoms with Crippen LogP contribution in [-0.2, 0) is 26.8 Å². The second-order valence-electron chi connectivity index (χ2n) is 9.39. The molecule has 1 aliphatic rings. The normalized spacial score (nSPS) is 15.1. The number of benzene rings is 2. The van der Waals surface area contributed by atoms with E-state index in [0.29, 0.717) is 13.1 Å². The highest BCUT2D eigenvalue weighted by Crippen LogP contribution is 2.31. The third-order valence-corrected chi connectivity index (χ3v) is 7.91. The van der Waals surface area contributed by atoms with Crippen LogP contribution < -0.4 is 4.74 Å². The number of carbonyl (C=O) groups excluding carboxylic acids is 1. The van der Waals surface area contributed by atoms with Gasteiger partial charge in [0.25, 0.3) is 0 Å². The van der Waals surface area contributed by atoms with Crippen molar-refractivity contribution in [1.82, 2.24) is 4.31 Å². The summed E-state index contributed by atoms with van der Waals surface area (Å²) >= 11 is 0. The van der Waals surface area contributed by atoms with Crippen LogP contribution >= 0.6 is 0 Å². The van der Waals surface area contributed by atoms with E-state index in [2.05, 4.69) is 32.9 Å². The van der Waals surface area contributed by atoms with E-state index in [4.69, 9.17) is 9.47 Å². The highest BCUT2D eigenvalue weighted by atomic mass is 32.2. The van der Waals surface area contributed by atoms with Crippen molar-refractivity contribution < 1.29 is 22.7 Å². The van der Waals surface area contributed by atoms with Crippen LogP contribution in [0, 0.1) is 13.8 Å². The number of nitrogens with zero attached hydrogens (tertiary/aromatic N) is 1. The van der Waals surface area contributed by atoms with Crippen LogP contribution in [0.4, 0.5) is 0 Å². The molecule has 1 heterocycles. The summed E-state index contributed by atoms with van der Waals surface area (Å²) in [6, 6.07) is 8.66. The summed E-state index contributed by atoms with van der Waals surface area (Å²) in [5.41, 5.74) is 4.54. The fraction of sp³-hybridized carbons (Fsp3) is 0.480. The van der Waals surface area contributed by atoms with Crippen molar-refractivity contribution in [3.05, 3.63) is 58.1 Å². The monoisotopic (exact) mass is 459 g/mol. The van der Waals surface area contributed by atoms with Gasteiger partial charge in [-0.3, -0.25) is 0 Å². The smallest absolute Gasteiger partial charge is 0.338 e. The van der Waals surface area contributed by atoms with Crippen molar-refractivity contribution in [3.8, 4) is 5.75 Å². The van der Waals surface area contributed by atoms with Gasteiger partial charge in [-0.15, -0.1) is 0 Å². The Bertz CT molecular complexity index is 1090. The standard InChI is InChI=1S/C25H33NO5S/c1-17-13-20(25(3,4)5)14-18(2)21(17)16-31-24(27)19-9-10-22(30-6)23(15-19)32(28,29)26-11-7-8-12-26/h9-10,13-15H,7-8,11-12,16H2,1-6H3. The second kappa shape index (κ2) is 9.24. The lowest BCUT2D eigenvalue weighted by Gasteiger charge is -2.22. The summed E-state index contributed by atoms with van der Waals surface area (Å²) in [6.45, 7) is 11.6. The summed E-state index contributed by atoms with van der Waals surface area (Å²) in [5, 5.41) is 0. The average molecular weight is 460 g/mol. The van der Waals surface area contributed by atoms with Crippen LogP contribution in [0.25, 0.3) is 0 Å². The SMILES string of the molecule is COc1ccc(C(=O)OCc2c(C)cc(C(C)(C)C)cc2C)cc1S(=O)(=O)N1CCCC1. The Morgan fingerprint density at radius 3 is 2.16 bits per heavy atom. The molecule has 0 N–H and O–H groups in total. The van der Waals surface area contributed by atoms with Gasteiger partial charge in [-0.1, -0.05) is 32.9 Å². The minimum atomic E-state index is -3.74. The molecule has 0 spiro atoms. The lowest BCUT2D eigenvalue weighted by atomic mass is 9.84. The highest BCUT2D eigenvalue weighted by Gasteiger charge is 2.31. The third kappa shape index (κ3) is 4.99. The van der Waals surface area contributed by atoms with Gasteiger partial charge >= 0.3 is 5.97 Å². The molecule has 2 aromatic carbocycles. The number of aryl methyl sites for hydroxylation is 2. The zero-order valence-electron chi connectivity index (χ0n) is 19.8. The Labute approximate surface area is 191 Å². The Balaban J connectivity index is 1.83. The molecule has 7 heteroatoms. The number of ether oxygens (including phenoxy) is 2. The quantitative estimate of drug-likeness (QED) is 0.583. The van der Waals surface area contributed by atoms with E-state index in [1.54, 1.807) is 0 Å².